The van der Waals surface area contributed by atoms with Crippen molar-refractivity contribution in [2.45, 2.75) is 44.8 Å². The van der Waals surface area contributed by atoms with Crippen molar-refractivity contribution in [1.82, 2.24) is 5.32 Å². The van der Waals surface area contributed by atoms with Gasteiger partial charge in [0, 0.05) is 5.75 Å². The fourth-order valence-corrected chi connectivity index (χ4v) is 3.09. The zero-order valence-corrected chi connectivity index (χ0v) is 11.2. The van der Waals surface area contributed by atoms with Crippen molar-refractivity contribution in [3.63, 3.8) is 0 Å². The first-order chi connectivity index (χ1) is 7.72. The number of carboxylic acids is 1. The monoisotopic (exact) mass is 261 g/mol. The van der Waals surface area contributed by atoms with Crippen LogP contribution in [0.4, 0.5) is 4.79 Å². The van der Waals surface area contributed by atoms with Crippen LogP contribution in [0.1, 0.15) is 33.6 Å². The third-order valence-corrected chi connectivity index (χ3v) is 3.61. The molecule has 0 radical (unpaired) electrons. The largest absolute Gasteiger partial charge is 0.481 e. The van der Waals surface area contributed by atoms with Gasteiger partial charge in [-0.1, -0.05) is 0 Å². The summed E-state index contributed by atoms with van der Waals surface area (Å²) in [5.41, 5.74) is -1.22. The molecule has 6 heteroatoms. The third-order valence-electron chi connectivity index (χ3n) is 2.36. The Kier molecular flexibility index (Phi) is 4.30. The lowest BCUT2D eigenvalue weighted by Crippen LogP contribution is -2.51. The molecule has 0 bridgehead atoms. The molecule has 1 atom stereocenters. The maximum atomic E-state index is 11.7. The van der Waals surface area contributed by atoms with Crippen LogP contribution < -0.4 is 5.32 Å². The lowest BCUT2D eigenvalue weighted by molar-refractivity contribution is -0.138. The Hall–Kier alpha value is -0.910. The van der Waals surface area contributed by atoms with Crippen LogP contribution in [0.15, 0.2) is 0 Å². The van der Waals surface area contributed by atoms with Crippen molar-refractivity contribution in [3.05, 3.63) is 0 Å². The molecule has 1 aliphatic rings. The summed E-state index contributed by atoms with van der Waals surface area (Å²) in [7, 11) is 0. The molecule has 5 nitrogen and oxygen atoms in total. The number of rotatable bonds is 3. The molecule has 1 saturated heterocycles. The molecule has 2 N–H and O–H groups in total. The van der Waals surface area contributed by atoms with Crippen LogP contribution in [0.25, 0.3) is 0 Å². The van der Waals surface area contributed by atoms with Crippen molar-refractivity contribution in [2.75, 3.05) is 11.5 Å². The van der Waals surface area contributed by atoms with Gasteiger partial charge in [-0.2, -0.15) is 11.8 Å². The predicted octanol–water partition coefficient (Wildman–Crippen LogP) is 1.86. The van der Waals surface area contributed by atoms with Gasteiger partial charge in [-0.15, -0.1) is 0 Å². The second-order valence-corrected chi connectivity index (χ2v) is 6.39. The van der Waals surface area contributed by atoms with Crippen LogP contribution in [0.3, 0.4) is 0 Å². The molecule has 1 fully saturated rings. The maximum absolute atomic E-state index is 11.7. The molecule has 0 aromatic heterocycles. The van der Waals surface area contributed by atoms with E-state index in [0.717, 1.165) is 5.75 Å². The first kappa shape index (κ1) is 14.2. The Bertz CT molecular complexity index is 305. The number of hydrogen-bond donors (Lipinski definition) is 2. The summed E-state index contributed by atoms with van der Waals surface area (Å²) in [6, 6.07) is 0. The second kappa shape index (κ2) is 5.16. The molecule has 0 spiro atoms. The number of hydrogen-bond acceptors (Lipinski definition) is 4. The van der Waals surface area contributed by atoms with Crippen LogP contribution in [0.5, 0.6) is 0 Å². The highest BCUT2D eigenvalue weighted by Gasteiger charge is 2.39. The van der Waals surface area contributed by atoms with E-state index in [1.165, 1.54) is 0 Å². The predicted molar refractivity (Wildman–Crippen MR) is 66.3 cm³/mol. The Morgan fingerprint density at radius 1 is 1.47 bits per heavy atom. The van der Waals surface area contributed by atoms with E-state index >= 15 is 0 Å². The number of carbonyl (C=O) groups excluding carboxylic acids is 1. The minimum Gasteiger partial charge on any atom is -0.481 e. The van der Waals surface area contributed by atoms with E-state index in [4.69, 9.17) is 9.84 Å². The lowest BCUT2D eigenvalue weighted by Gasteiger charge is -2.29. The van der Waals surface area contributed by atoms with Crippen LogP contribution in [-0.4, -0.2) is 39.8 Å². The van der Waals surface area contributed by atoms with E-state index in [-0.39, 0.29) is 6.42 Å². The molecule has 98 valence electrons. The zero-order valence-electron chi connectivity index (χ0n) is 10.4. The minimum atomic E-state index is -0.899. The summed E-state index contributed by atoms with van der Waals surface area (Å²) >= 11 is 1.65. The second-order valence-electron chi connectivity index (χ2n) is 5.28. The molecule has 0 saturated carbocycles. The molecule has 1 aliphatic heterocycles. The molecular weight excluding hydrogens is 242 g/mol. The summed E-state index contributed by atoms with van der Waals surface area (Å²) in [6.07, 6.45) is 0.0730. The number of nitrogens with one attached hydrogen (secondary N) is 1. The molecule has 1 amide bonds. The minimum absolute atomic E-state index is 0.0563. The van der Waals surface area contributed by atoms with Crippen molar-refractivity contribution in [1.29, 1.82) is 0 Å². The summed E-state index contributed by atoms with van der Waals surface area (Å²) in [6.45, 7) is 5.33. The van der Waals surface area contributed by atoms with Crippen LogP contribution in [-0.2, 0) is 9.53 Å². The first-order valence-electron chi connectivity index (χ1n) is 5.53. The molecule has 0 aromatic rings. The Morgan fingerprint density at radius 2 is 2.12 bits per heavy atom. The Labute approximate surface area is 105 Å². The van der Waals surface area contributed by atoms with Crippen molar-refractivity contribution < 1.29 is 19.4 Å². The van der Waals surface area contributed by atoms with E-state index in [0.29, 0.717) is 12.2 Å². The van der Waals surface area contributed by atoms with Crippen molar-refractivity contribution in [3.8, 4) is 0 Å². The molecule has 0 aromatic carbocycles. The number of thioether (sulfide) groups is 1. The average molecular weight is 261 g/mol. The normalized spacial score (nSPS) is 24.4. The fourth-order valence-electron chi connectivity index (χ4n) is 1.70. The lowest BCUT2D eigenvalue weighted by atomic mass is 9.95. The SMILES string of the molecule is CC(C)(C)OC(=O)NC1(CC(=O)O)CCSC1. The number of carbonyl (C=O) groups is 2. The summed E-state index contributed by atoms with van der Waals surface area (Å²) in [5, 5.41) is 11.6. The average Bonchev–Trinajstić information content (AvgIpc) is 2.47. The van der Waals surface area contributed by atoms with Crippen LogP contribution in [0, 0.1) is 0 Å². The molecule has 17 heavy (non-hydrogen) atoms. The summed E-state index contributed by atoms with van der Waals surface area (Å²) in [5.74, 6) is 0.588. The van der Waals surface area contributed by atoms with E-state index in [9.17, 15) is 9.59 Å². The molecule has 0 aliphatic carbocycles. The molecule has 1 rings (SSSR count). The van der Waals surface area contributed by atoms with Crippen molar-refractivity contribution in [2.24, 2.45) is 0 Å². The highest BCUT2D eigenvalue weighted by atomic mass is 32.2. The van der Waals surface area contributed by atoms with Gasteiger partial charge < -0.3 is 15.2 Å². The van der Waals surface area contributed by atoms with Gasteiger partial charge in [0.25, 0.3) is 0 Å². The van der Waals surface area contributed by atoms with Crippen LogP contribution >= 0.6 is 11.8 Å². The van der Waals surface area contributed by atoms with Gasteiger partial charge in [0.1, 0.15) is 5.60 Å². The van der Waals surface area contributed by atoms with Gasteiger partial charge in [0.05, 0.1) is 12.0 Å². The highest BCUT2D eigenvalue weighted by molar-refractivity contribution is 7.99. The smallest absolute Gasteiger partial charge is 0.408 e. The van der Waals surface area contributed by atoms with E-state index in [2.05, 4.69) is 5.32 Å². The Balaban J connectivity index is 2.61. The number of alkyl carbamates (subject to hydrolysis) is 1. The fraction of sp³-hybridized carbons (Fsp3) is 0.818. The van der Waals surface area contributed by atoms with Crippen molar-refractivity contribution >= 4 is 23.8 Å². The number of aliphatic carboxylic acids is 1. The highest BCUT2D eigenvalue weighted by Crippen LogP contribution is 2.31. The van der Waals surface area contributed by atoms with Crippen LogP contribution in [0.2, 0.25) is 0 Å². The third kappa shape index (κ3) is 4.85. The Morgan fingerprint density at radius 3 is 2.53 bits per heavy atom. The summed E-state index contributed by atoms with van der Waals surface area (Å²) in [4.78, 5) is 22.5. The van der Waals surface area contributed by atoms with E-state index in [1.54, 1.807) is 32.5 Å². The van der Waals surface area contributed by atoms with Gasteiger partial charge in [-0.3, -0.25) is 4.79 Å². The van der Waals surface area contributed by atoms with Gasteiger partial charge in [0.2, 0.25) is 0 Å². The van der Waals surface area contributed by atoms with Gasteiger partial charge in [-0.25, -0.2) is 4.79 Å². The topological polar surface area (TPSA) is 75.6 Å². The maximum Gasteiger partial charge on any atom is 0.408 e. The van der Waals surface area contributed by atoms with Gasteiger partial charge >= 0.3 is 12.1 Å². The number of ether oxygens (including phenoxy) is 1. The van der Waals surface area contributed by atoms with Gasteiger partial charge in [0.15, 0.2) is 0 Å². The molecule has 1 heterocycles. The zero-order chi connectivity index (χ0) is 13.1. The van der Waals surface area contributed by atoms with Gasteiger partial charge in [-0.05, 0) is 32.9 Å². The number of amides is 1. The number of carboxylic acid groups (broad SMARTS) is 1. The molecule has 1 unspecified atom stereocenters. The summed E-state index contributed by atoms with van der Waals surface area (Å²) < 4.78 is 5.15. The standard InChI is InChI=1S/C11H19NO4S/c1-10(2,3)16-9(15)12-11(6-8(13)14)4-5-17-7-11/h4-7H2,1-3H3,(H,12,15)(H,13,14). The quantitative estimate of drug-likeness (QED) is 0.811. The van der Waals surface area contributed by atoms with E-state index in [1.807, 2.05) is 0 Å². The van der Waals surface area contributed by atoms with E-state index < -0.39 is 23.2 Å². The molecular formula is C11H19NO4S. The first-order valence-corrected chi connectivity index (χ1v) is 6.69.